The molecule has 0 aromatic carbocycles. The summed E-state index contributed by atoms with van der Waals surface area (Å²) < 4.78 is 0. The van der Waals surface area contributed by atoms with Gasteiger partial charge in [-0.15, -0.1) is 0 Å². The number of fused-ring (bicyclic) bond motifs is 1. The second-order valence-electron chi connectivity index (χ2n) is 10.1. The number of hydrazine groups is 1. The lowest BCUT2D eigenvalue weighted by molar-refractivity contribution is -0.129. The first-order chi connectivity index (χ1) is 18.0. The molecule has 0 unspecified atom stereocenters. The van der Waals surface area contributed by atoms with E-state index in [9.17, 15) is 19.5 Å². The van der Waals surface area contributed by atoms with E-state index in [-0.39, 0.29) is 36.0 Å². The number of aliphatic hydroxyl groups excluding tert-OH is 1. The van der Waals surface area contributed by atoms with E-state index >= 15 is 0 Å². The maximum atomic E-state index is 12.0. The van der Waals surface area contributed by atoms with Gasteiger partial charge in [0.05, 0.1) is 18.2 Å². The average molecular weight is 537 g/mol. The van der Waals surface area contributed by atoms with Crippen LogP contribution in [-0.2, 0) is 9.59 Å². The number of carbonyl (C=O) groups is 3. The average Bonchev–Trinajstić information content (AvgIpc) is 3.43. The van der Waals surface area contributed by atoms with Gasteiger partial charge in [0.1, 0.15) is 0 Å². The van der Waals surface area contributed by atoms with Gasteiger partial charge in [-0.05, 0) is 38.5 Å². The Hall–Kier alpha value is -2.00. The molecule has 210 valence electrons. The van der Waals surface area contributed by atoms with Gasteiger partial charge >= 0.3 is 6.03 Å². The predicted octanol–water partition coefficient (Wildman–Crippen LogP) is 4.64. The SMILES string of the molecule is CCCCC[C@H](O)/C=C/C=C\CCCCCCCC(=O)NNC(=O)CCCC[C@@H]1SC[C@@H]2NC(=O)N[C@@H]21. The summed E-state index contributed by atoms with van der Waals surface area (Å²) in [5.74, 6) is 0.648. The van der Waals surface area contributed by atoms with E-state index in [2.05, 4.69) is 34.5 Å². The Labute approximate surface area is 227 Å². The van der Waals surface area contributed by atoms with Gasteiger partial charge in [-0.1, -0.05) is 76.2 Å². The number of unbranched alkanes of at least 4 members (excludes halogenated alkanes) is 8. The first-order valence-electron chi connectivity index (χ1n) is 14.3. The molecule has 0 radical (unpaired) electrons. The monoisotopic (exact) mass is 536 g/mol. The number of urea groups is 1. The van der Waals surface area contributed by atoms with Gasteiger partial charge in [-0.2, -0.15) is 11.8 Å². The normalized spacial score (nSPS) is 21.7. The van der Waals surface area contributed by atoms with Crippen LogP contribution in [0.15, 0.2) is 24.3 Å². The summed E-state index contributed by atoms with van der Waals surface area (Å²) >= 11 is 1.88. The van der Waals surface area contributed by atoms with Crippen molar-refractivity contribution < 1.29 is 19.5 Å². The van der Waals surface area contributed by atoms with Crippen molar-refractivity contribution in [3.63, 3.8) is 0 Å². The molecular weight excluding hydrogens is 488 g/mol. The minimum atomic E-state index is -0.335. The number of rotatable bonds is 19. The van der Waals surface area contributed by atoms with Crippen LogP contribution in [0.4, 0.5) is 4.79 Å². The Balaban J connectivity index is 1.36. The minimum absolute atomic E-state index is 0.0714. The van der Waals surface area contributed by atoms with Crippen LogP contribution < -0.4 is 21.5 Å². The molecule has 8 nitrogen and oxygen atoms in total. The molecule has 0 saturated carbocycles. The molecule has 37 heavy (non-hydrogen) atoms. The van der Waals surface area contributed by atoms with E-state index in [4.69, 9.17) is 0 Å². The molecule has 0 aliphatic carbocycles. The molecule has 0 aromatic rings. The molecule has 2 aliphatic heterocycles. The molecule has 2 saturated heterocycles. The number of thioether (sulfide) groups is 1. The van der Waals surface area contributed by atoms with Crippen LogP contribution in [0.1, 0.15) is 103 Å². The van der Waals surface area contributed by atoms with Gasteiger partial charge < -0.3 is 15.7 Å². The highest BCUT2D eigenvalue weighted by Crippen LogP contribution is 2.33. The van der Waals surface area contributed by atoms with E-state index < -0.39 is 0 Å². The number of aliphatic hydroxyl groups is 1. The smallest absolute Gasteiger partial charge is 0.315 e. The second kappa shape index (κ2) is 19.1. The fourth-order valence-corrected chi connectivity index (χ4v) is 6.23. The molecule has 0 aromatic heterocycles. The summed E-state index contributed by atoms with van der Waals surface area (Å²) in [6, 6.07) is 0.366. The summed E-state index contributed by atoms with van der Waals surface area (Å²) in [6.07, 6.45) is 21.6. The second-order valence-corrected chi connectivity index (χ2v) is 11.4. The van der Waals surface area contributed by atoms with Crippen molar-refractivity contribution >= 4 is 29.6 Å². The summed E-state index contributed by atoms with van der Waals surface area (Å²) in [5.41, 5.74) is 5.04. The van der Waals surface area contributed by atoms with E-state index in [1.807, 2.05) is 30.0 Å². The molecule has 5 N–H and O–H groups in total. The molecule has 4 amide bonds. The van der Waals surface area contributed by atoms with Gasteiger partial charge in [0.25, 0.3) is 0 Å². The first kappa shape index (κ1) is 31.2. The fraction of sp³-hybridized carbons (Fsp3) is 0.750. The first-order valence-corrected chi connectivity index (χ1v) is 15.3. The third kappa shape index (κ3) is 13.9. The lowest BCUT2D eigenvalue weighted by atomic mass is 10.0. The quantitative estimate of drug-likeness (QED) is 0.0713. The zero-order valence-electron chi connectivity index (χ0n) is 22.5. The summed E-state index contributed by atoms with van der Waals surface area (Å²) in [5, 5.41) is 16.2. The fourth-order valence-electron chi connectivity index (χ4n) is 4.68. The lowest BCUT2D eigenvalue weighted by Gasteiger charge is -2.16. The van der Waals surface area contributed by atoms with Gasteiger partial charge in [0.15, 0.2) is 0 Å². The summed E-state index contributed by atoms with van der Waals surface area (Å²) in [7, 11) is 0. The molecule has 2 rings (SSSR count). The molecule has 2 aliphatic rings. The van der Waals surface area contributed by atoms with Gasteiger partial charge in [-0.25, -0.2) is 4.79 Å². The highest BCUT2D eigenvalue weighted by Gasteiger charge is 2.42. The summed E-state index contributed by atoms with van der Waals surface area (Å²) in [4.78, 5) is 35.3. The highest BCUT2D eigenvalue weighted by molar-refractivity contribution is 8.00. The van der Waals surface area contributed by atoms with Gasteiger partial charge in [0.2, 0.25) is 11.8 Å². The van der Waals surface area contributed by atoms with Crippen LogP contribution in [0.3, 0.4) is 0 Å². The van der Waals surface area contributed by atoms with Crippen LogP contribution in [0.25, 0.3) is 0 Å². The molecule has 9 heteroatoms. The molecular formula is C28H48N4O4S. The topological polar surface area (TPSA) is 120 Å². The number of hydrogen-bond donors (Lipinski definition) is 5. The number of carbonyl (C=O) groups excluding carboxylic acids is 3. The Morgan fingerprint density at radius 2 is 1.68 bits per heavy atom. The number of nitrogens with one attached hydrogen (secondary N) is 4. The standard InChI is InChI=1S/C28H48N4O4S/c1-2-3-11-16-22(33)17-12-9-7-5-4-6-8-10-13-19-25(34)31-32-26(35)20-15-14-18-24-27-23(21-37-24)29-28(36)30-27/h7,9,12,17,22-24,27,33H,2-6,8,10-11,13-16,18-21H2,1H3,(H,31,34)(H,32,35)(H2,29,30,36)/b9-7-,17-12+/t22-,23-,24-,27-/m0/s1. The van der Waals surface area contributed by atoms with Gasteiger partial charge in [-0.3, -0.25) is 20.4 Å². The molecule has 0 bridgehead atoms. The molecule has 0 spiro atoms. The number of allylic oxidation sites excluding steroid dienone is 3. The van der Waals surface area contributed by atoms with Crippen LogP contribution in [-0.4, -0.2) is 52.1 Å². The van der Waals surface area contributed by atoms with Crippen molar-refractivity contribution in [1.29, 1.82) is 0 Å². The molecule has 4 atom stereocenters. The lowest BCUT2D eigenvalue weighted by Crippen LogP contribution is -2.41. The number of hydrogen-bond acceptors (Lipinski definition) is 5. The number of amides is 4. The Morgan fingerprint density at radius 3 is 2.43 bits per heavy atom. The predicted molar refractivity (Wildman–Crippen MR) is 151 cm³/mol. The van der Waals surface area contributed by atoms with Crippen LogP contribution in [0, 0.1) is 0 Å². The third-order valence-corrected chi connectivity index (χ3v) is 8.39. The highest BCUT2D eigenvalue weighted by atomic mass is 32.2. The molecule has 2 heterocycles. The van der Waals surface area contributed by atoms with E-state index in [0.717, 1.165) is 76.4 Å². The van der Waals surface area contributed by atoms with Crippen molar-refractivity contribution in [1.82, 2.24) is 21.5 Å². The Morgan fingerprint density at radius 1 is 0.973 bits per heavy atom. The maximum absolute atomic E-state index is 12.0. The molecule has 2 fully saturated rings. The Bertz CT molecular complexity index is 746. The summed E-state index contributed by atoms with van der Waals surface area (Å²) in [6.45, 7) is 2.16. The van der Waals surface area contributed by atoms with E-state index in [0.29, 0.717) is 18.1 Å². The van der Waals surface area contributed by atoms with Gasteiger partial charge in [0, 0.05) is 23.8 Å². The third-order valence-electron chi connectivity index (χ3n) is 6.88. The zero-order valence-corrected chi connectivity index (χ0v) is 23.3. The van der Waals surface area contributed by atoms with E-state index in [1.165, 1.54) is 12.8 Å². The van der Waals surface area contributed by atoms with Crippen molar-refractivity contribution in [3.8, 4) is 0 Å². The Kier molecular flexibility index (Phi) is 16.1. The van der Waals surface area contributed by atoms with Crippen molar-refractivity contribution in [2.24, 2.45) is 0 Å². The minimum Gasteiger partial charge on any atom is -0.389 e. The van der Waals surface area contributed by atoms with Crippen molar-refractivity contribution in [2.45, 2.75) is 127 Å². The van der Waals surface area contributed by atoms with Crippen LogP contribution in [0.5, 0.6) is 0 Å². The van der Waals surface area contributed by atoms with Crippen LogP contribution >= 0.6 is 11.8 Å². The zero-order chi connectivity index (χ0) is 26.7. The maximum Gasteiger partial charge on any atom is 0.315 e. The van der Waals surface area contributed by atoms with Crippen molar-refractivity contribution in [3.05, 3.63) is 24.3 Å². The largest absolute Gasteiger partial charge is 0.389 e. The van der Waals surface area contributed by atoms with E-state index in [1.54, 1.807) is 0 Å². The van der Waals surface area contributed by atoms with Crippen LogP contribution in [0.2, 0.25) is 0 Å². The van der Waals surface area contributed by atoms with Crippen molar-refractivity contribution in [2.75, 3.05) is 5.75 Å².